The zero-order chi connectivity index (χ0) is 13.3. The van der Waals surface area contributed by atoms with Crippen molar-refractivity contribution in [1.82, 2.24) is 9.78 Å². The van der Waals surface area contributed by atoms with Gasteiger partial charge in [-0.15, -0.1) is 0 Å². The molecule has 1 heterocycles. The van der Waals surface area contributed by atoms with Crippen molar-refractivity contribution in [2.75, 3.05) is 5.73 Å². The molecular formula is C10H8Cl2N4O2. The second-order valence-corrected chi connectivity index (χ2v) is 4.48. The van der Waals surface area contributed by atoms with Gasteiger partial charge in [-0.1, -0.05) is 23.2 Å². The minimum atomic E-state index is -0.580. The SMILES string of the molecule is Nc1c([N+](=O)[O-])cnn1Cc1cc(Cl)cc(Cl)c1. The van der Waals surface area contributed by atoms with Crippen molar-refractivity contribution in [2.45, 2.75) is 6.54 Å². The van der Waals surface area contributed by atoms with E-state index in [1.165, 1.54) is 4.68 Å². The number of rotatable bonds is 3. The van der Waals surface area contributed by atoms with E-state index in [4.69, 9.17) is 28.9 Å². The number of nitrogens with two attached hydrogens (primary N) is 1. The number of nitrogens with zero attached hydrogens (tertiary/aromatic N) is 3. The largest absolute Gasteiger partial charge is 0.378 e. The van der Waals surface area contributed by atoms with Crippen molar-refractivity contribution in [2.24, 2.45) is 0 Å². The minimum Gasteiger partial charge on any atom is -0.378 e. The van der Waals surface area contributed by atoms with E-state index in [0.29, 0.717) is 10.0 Å². The molecule has 0 radical (unpaired) electrons. The molecule has 0 unspecified atom stereocenters. The Bertz CT molecular complexity index is 592. The summed E-state index contributed by atoms with van der Waals surface area (Å²) in [4.78, 5) is 10.0. The van der Waals surface area contributed by atoms with E-state index in [-0.39, 0.29) is 18.1 Å². The highest BCUT2D eigenvalue weighted by atomic mass is 35.5. The minimum absolute atomic E-state index is 0.00361. The van der Waals surface area contributed by atoms with Crippen molar-refractivity contribution < 1.29 is 4.92 Å². The van der Waals surface area contributed by atoms with Crippen LogP contribution in [0.15, 0.2) is 24.4 Å². The molecule has 1 aromatic carbocycles. The zero-order valence-corrected chi connectivity index (χ0v) is 10.5. The van der Waals surface area contributed by atoms with Gasteiger partial charge in [-0.2, -0.15) is 5.10 Å². The number of nitrogen functional groups attached to an aromatic ring is 1. The van der Waals surface area contributed by atoms with E-state index in [1.807, 2.05) is 0 Å². The van der Waals surface area contributed by atoms with Gasteiger partial charge in [0, 0.05) is 10.0 Å². The van der Waals surface area contributed by atoms with Gasteiger partial charge in [-0.25, -0.2) is 4.68 Å². The molecule has 0 aliphatic rings. The Kier molecular flexibility index (Phi) is 3.40. The second-order valence-electron chi connectivity index (χ2n) is 3.61. The highest BCUT2D eigenvalue weighted by Crippen LogP contribution is 2.23. The molecular weight excluding hydrogens is 279 g/mol. The van der Waals surface area contributed by atoms with Crippen LogP contribution in [0.5, 0.6) is 0 Å². The number of hydrogen-bond acceptors (Lipinski definition) is 4. The predicted molar refractivity (Wildman–Crippen MR) is 68.9 cm³/mol. The topological polar surface area (TPSA) is 87.0 Å². The Morgan fingerprint density at radius 2 is 1.94 bits per heavy atom. The molecule has 18 heavy (non-hydrogen) atoms. The zero-order valence-electron chi connectivity index (χ0n) is 9.01. The molecule has 0 atom stereocenters. The van der Waals surface area contributed by atoms with Gasteiger partial charge in [0.1, 0.15) is 6.20 Å². The van der Waals surface area contributed by atoms with Crippen molar-refractivity contribution in [1.29, 1.82) is 0 Å². The highest BCUT2D eigenvalue weighted by Gasteiger charge is 2.17. The summed E-state index contributed by atoms with van der Waals surface area (Å²) < 4.78 is 1.32. The van der Waals surface area contributed by atoms with Gasteiger partial charge in [-0.3, -0.25) is 10.1 Å². The molecule has 0 saturated carbocycles. The number of halogens is 2. The van der Waals surface area contributed by atoms with Gasteiger partial charge in [0.15, 0.2) is 0 Å². The van der Waals surface area contributed by atoms with Crippen molar-refractivity contribution in [3.05, 3.63) is 50.1 Å². The molecule has 6 nitrogen and oxygen atoms in total. The summed E-state index contributed by atoms with van der Waals surface area (Å²) in [5.74, 6) is -0.00361. The summed E-state index contributed by atoms with van der Waals surface area (Å²) in [6.45, 7) is 0.264. The molecule has 1 aromatic heterocycles. The first-order valence-corrected chi connectivity index (χ1v) is 5.63. The lowest BCUT2D eigenvalue weighted by Crippen LogP contribution is -2.06. The van der Waals surface area contributed by atoms with Crippen LogP contribution in [0.2, 0.25) is 10.0 Å². The lowest BCUT2D eigenvalue weighted by atomic mass is 10.2. The van der Waals surface area contributed by atoms with Gasteiger partial charge >= 0.3 is 5.69 Å². The van der Waals surface area contributed by atoms with E-state index < -0.39 is 4.92 Å². The third-order valence-corrected chi connectivity index (χ3v) is 2.75. The quantitative estimate of drug-likeness (QED) is 0.694. The van der Waals surface area contributed by atoms with Crippen LogP contribution in [-0.2, 0) is 6.54 Å². The third-order valence-electron chi connectivity index (χ3n) is 2.31. The first kappa shape index (κ1) is 12.7. The number of benzene rings is 1. The summed E-state index contributed by atoms with van der Waals surface area (Å²) in [5.41, 5.74) is 6.16. The van der Waals surface area contributed by atoms with E-state index in [0.717, 1.165) is 11.8 Å². The fraction of sp³-hybridized carbons (Fsp3) is 0.100. The van der Waals surface area contributed by atoms with Crippen LogP contribution in [0.3, 0.4) is 0 Å². The lowest BCUT2D eigenvalue weighted by Gasteiger charge is -2.05. The number of hydrogen-bond donors (Lipinski definition) is 1. The Balaban J connectivity index is 2.31. The van der Waals surface area contributed by atoms with Crippen LogP contribution in [0, 0.1) is 10.1 Å². The summed E-state index contributed by atoms with van der Waals surface area (Å²) in [7, 11) is 0. The number of anilines is 1. The Labute approximate surface area is 112 Å². The van der Waals surface area contributed by atoms with Gasteiger partial charge in [0.25, 0.3) is 0 Å². The molecule has 2 rings (SSSR count). The maximum atomic E-state index is 10.6. The summed E-state index contributed by atoms with van der Waals surface area (Å²) in [5, 5.41) is 15.4. The van der Waals surface area contributed by atoms with Crippen LogP contribution in [0.1, 0.15) is 5.56 Å². The predicted octanol–water partition coefficient (Wildman–Crippen LogP) is 2.73. The molecule has 2 N–H and O–H groups in total. The molecule has 0 aliphatic heterocycles. The molecule has 2 aromatic rings. The van der Waals surface area contributed by atoms with E-state index in [1.54, 1.807) is 18.2 Å². The number of nitro groups is 1. The summed E-state index contributed by atoms with van der Waals surface area (Å²) in [6, 6.07) is 4.99. The lowest BCUT2D eigenvalue weighted by molar-refractivity contribution is -0.384. The molecule has 94 valence electrons. The van der Waals surface area contributed by atoms with Crippen LogP contribution in [0.4, 0.5) is 11.5 Å². The average molecular weight is 287 g/mol. The average Bonchev–Trinajstić information content (AvgIpc) is 2.59. The van der Waals surface area contributed by atoms with Crippen LogP contribution in [0.25, 0.3) is 0 Å². The maximum absolute atomic E-state index is 10.6. The second kappa shape index (κ2) is 4.83. The molecule has 0 saturated heterocycles. The smallest absolute Gasteiger partial charge is 0.330 e. The summed E-state index contributed by atoms with van der Waals surface area (Å²) >= 11 is 11.7. The molecule has 0 aliphatic carbocycles. The van der Waals surface area contributed by atoms with Crippen molar-refractivity contribution in [3.63, 3.8) is 0 Å². The van der Waals surface area contributed by atoms with Gasteiger partial charge in [-0.05, 0) is 23.8 Å². The molecule has 0 amide bonds. The van der Waals surface area contributed by atoms with Gasteiger partial charge < -0.3 is 5.73 Å². The van der Waals surface area contributed by atoms with Crippen LogP contribution >= 0.6 is 23.2 Å². The fourth-order valence-corrected chi connectivity index (χ4v) is 2.10. The Hall–Kier alpha value is -1.79. The van der Waals surface area contributed by atoms with Crippen molar-refractivity contribution in [3.8, 4) is 0 Å². The van der Waals surface area contributed by atoms with Crippen LogP contribution in [-0.4, -0.2) is 14.7 Å². The molecule has 0 bridgehead atoms. The normalized spacial score (nSPS) is 10.6. The van der Waals surface area contributed by atoms with Gasteiger partial charge in [0.05, 0.1) is 11.5 Å². The van der Waals surface area contributed by atoms with Crippen molar-refractivity contribution >= 4 is 34.7 Å². The third kappa shape index (κ3) is 2.55. The molecule has 0 spiro atoms. The van der Waals surface area contributed by atoms with E-state index >= 15 is 0 Å². The molecule has 8 heteroatoms. The fourth-order valence-electron chi connectivity index (χ4n) is 1.53. The summed E-state index contributed by atoms with van der Waals surface area (Å²) in [6.07, 6.45) is 1.11. The van der Waals surface area contributed by atoms with Crippen LogP contribution < -0.4 is 5.73 Å². The highest BCUT2D eigenvalue weighted by molar-refractivity contribution is 6.34. The maximum Gasteiger partial charge on any atom is 0.330 e. The Morgan fingerprint density at radius 1 is 1.33 bits per heavy atom. The molecule has 0 fully saturated rings. The van der Waals surface area contributed by atoms with E-state index in [9.17, 15) is 10.1 Å². The standard InChI is InChI=1S/C10H8Cl2N4O2/c11-7-1-6(2-8(12)3-7)5-15-10(13)9(4-14-15)16(17)18/h1-4H,5,13H2. The monoisotopic (exact) mass is 286 g/mol. The first-order chi connectivity index (χ1) is 8.47. The van der Waals surface area contributed by atoms with E-state index in [2.05, 4.69) is 5.10 Å². The van der Waals surface area contributed by atoms with Gasteiger partial charge in [0.2, 0.25) is 5.82 Å². The first-order valence-electron chi connectivity index (χ1n) is 4.88. The Morgan fingerprint density at radius 3 is 2.44 bits per heavy atom. The number of aromatic nitrogens is 2.